The molecule has 2 rings (SSSR count). The van der Waals surface area contributed by atoms with Crippen molar-refractivity contribution in [2.24, 2.45) is 11.8 Å². The highest BCUT2D eigenvalue weighted by atomic mass is 19.3. The van der Waals surface area contributed by atoms with Crippen LogP contribution in [0.25, 0.3) is 0 Å². The van der Waals surface area contributed by atoms with Crippen LogP contribution in [-0.2, 0) is 11.3 Å². The number of carbonyl (C=O) groups is 2. The second kappa shape index (κ2) is 8.26. The lowest BCUT2D eigenvalue weighted by molar-refractivity contribution is -0.142. The quantitative estimate of drug-likeness (QED) is 0.727. The molecule has 0 bridgehead atoms. The van der Waals surface area contributed by atoms with Gasteiger partial charge in [0.1, 0.15) is 0 Å². The molecular weight excluding hydrogens is 334 g/mol. The second-order valence-electron chi connectivity index (χ2n) is 6.83. The summed E-state index contributed by atoms with van der Waals surface area (Å²) in [6, 6.07) is -0.735. The molecule has 3 N–H and O–H groups in total. The SMILES string of the molecule is CC(C)Cn1cc(NC(=O)NC2CCC(C(=O)O)CC2)c(C(F)F)n1. The van der Waals surface area contributed by atoms with Gasteiger partial charge in [0.15, 0.2) is 5.69 Å². The molecule has 1 fully saturated rings. The third-order valence-electron chi connectivity index (χ3n) is 4.21. The first-order valence-electron chi connectivity index (χ1n) is 8.42. The summed E-state index contributed by atoms with van der Waals surface area (Å²) in [7, 11) is 0. The zero-order valence-corrected chi connectivity index (χ0v) is 14.3. The summed E-state index contributed by atoms with van der Waals surface area (Å²) in [5, 5.41) is 18.0. The predicted molar refractivity (Wildman–Crippen MR) is 87.6 cm³/mol. The number of urea groups is 1. The molecule has 0 spiro atoms. The van der Waals surface area contributed by atoms with Gasteiger partial charge in [-0.25, -0.2) is 13.6 Å². The van der Waals surface area contributed by atoms with Crippen LogP contribution >= 0.6 is 0 Å². The number of nitrogens with one attached hydrogen (secondary N) is 2. The van der Waals surface area contributed by atoms with E-state index < -0.39 is 24.1 Å². The minimum Gasteiger partial charge on any atom is -0.481 e. The summed E-state index contributed by atoms with van der Waals surface area (Å²) in [5.74, 6) is -0.959. The highest BCUT2D eigenvalue weighted by molar-refractivity contribution is 5.90. The number of rotatable bonds is 6. The molecule has 1 aromatic rings. The zero-order valence-electron chi connectivity index (χ0n) is 14.3. The van der Waals surface area contributed by atoms with Gasteiger partial charge in [0.25, 0.3) is 6.43 Å². The molecule has 1 aliphatic rings. The lowest BCUT2D eigenvalue weighted by atomic mass is 9.86. The molecule has 2 amide bonds. The molecule has 25 heavy (non-hydrogen) atoms. The number of halogens is 2. The van der Waals surface area contributed by atoms with E-state index in [1.54, 1.807) is 0 Å². The number of carboxylic acid groups (broad SMARTS) is 1. The molecule has 0 saturated heterocycles. The van der Waals surface area contributed by atoms with Crippen molar-refractivity contribution in [3.63, 3.8) is 0 Å². The number of hydrogen-bond acceptors (Lipinski definition) is 3. The fourth-order valence-corrected chi connectivity index (χ4v) is 2.99. The smallest absolute Gasteiger partial charge is 0.319 e. The summed E-state index contributed by atoms with van der Waals surface area (Å²) in [6.07, 6.45) is 0.721. The van der Waals surface area contributed by atoms with Crippen LogP contribution in [0.15, 0.2) is 6.20 Å². The molecule has 1 heterocycles. The molecule has 0 aromatic carbocycles. The lowest BCUT2D eigenvalue weighted by Crippen LogP contribution is -2.41. The predicted octanol–water partition coefficient (Wildman–Crippen LogP) is 3.24. The van der Waals surface area contributed by atoms with Gasteiger partial charge in [-0.15, -0.1) is 0 Å². The Kier molecular flexibility index (Phi) is 6.33. The average molecular weight is 358 g/mol. The van der Waals surface area contributed by atoms with E-state index in [2.05, 4.69) is 15.7 Å². The topological polar surface area (TPSA) is 96.2 Å². The van der Waals surface area contributed by atoms with E-state index >= 15 is 0 Å². The fraction of sp³-hybridized carbons (Fsp3) is 0.688. The van der Waals surface area contributed by atoms with Crippen LogP contribution in [-0.4, -0.2) is 32.9 Å². The zero-order chi connectivity index (χ0) is 18.6. The van der Waals surface area contributed by atoms with Gasteiger partial charge in [-0.1, -0.05) is 13.8 Å². The van der Waals surface area contributed by atoms with Gasteiger partial charge in [-0.3, -0.25) is 9.48 Å². The Bertz CT molecular complexity index is 611. The monoisotopic (exact) mass is 358 g/mol. The van der Waals surface area contributed by atoms with Crippen molar-refractivity contribution in [3.05, 3.63) is 11.9 Å². The molecule has 9 heteroatoms. The average Bonchev–Trinajstić information content (AvgIpc) is 2.89. The maximum Gasteiger partial charge on any atom is 0.319 e. The van der Waals surface area contributed by atoms with E-state index in [9.17, 15) is 18.4 Å². The van der Waals surface area contributed by atoms with E-state index in [0.29, 0.717) is 32.2 Å². The Morgan fingerprint density at radius 2 is 1.96 bits per heavy atom. The third kappa shape index (κ3) is 5.40. The molecule has 140 valence electrons. The summed E-state index contributed by atoms with van der Waals surface area (Å²) >= 11 is 0. The van der Waals surface area contributed by atoms with Crippen LogP contribution < -0.4 is 10.6 Å². The molecule has 1 aliphatic carbocycles. The van der Waals surface area contributed by atoms with Crippen molar-refractivity contribution in [1.29, 1.82) is 0 Å². The first-order valence-corrected chi connectivity index (χ1v) is 8.42. The van der Waals surface area contributed by atoms with Gasteiger partial charge >= 0.3 is 12.0 Å². The molecule has 7 nitrogen and oxygen atoms in total. The number of alkyl halides is 2. The third-order valence-corrected chi connectivity index (χ3v) is 4.21. The van der Waals surface area contributed by atoms with E-state index in [1.807, 2.05) is 13.8 Å². The summed E-state index contributed by atoms with van der Waals surface area (Å²) in [5.41, 5.74) is -0.460. The number of carbonyl (C=O) groups excluding carboxylic acids is 1. The highest BCUT2D eigenvalue weighted by Gasteiger charge is 2.27. The van der Waals surface area contributed by atoms with Crippen LogP contribution in [0.5, 0.6) is 0 Å². The van der Waals surface area contributed by atoms with Gasteiger partial charge in [0, 0.05) is 18.8 Å². The molecule has 0 aliphatic heterocycles. The van der Waals surface area contributed by atoms with Crippen LogP contribution in [0.2, 0.25) is 0 Å². The summed E-state index contributed by atoms with van der Waals surface area (Å²) < 4.78 is 27.6. The van der Waals surface area contributed by atoms with Crippen molar-refractivity contribution >= 4 is 17.7 Å². The number of hydrogen-bond donors (Lipinski definition) is 3. The van der Waals surface area contributed by atoms with Gasteiger partial charge in [0.2, 0.25) is 0 Å². The Hall–Kier alpha value is -2.19. The maximum atomic E-state index is 13.1. The molecule has 1 aromatic heterocycles. The molecule has 0 atom stereocenters. The van der Waals surface area contributed by atoms with Crippen LogP contribution in [0.4, 0.5) is 19.3 Å². The van der Waals surface area contributed by atoms with Crippen LogP contribution in [0.1, 0.15) is 51.7 Å². The fourth-order valence-electron chi connectivity index (χ4n) is 2.99. The van der Waals surface area contributed by atoms with Gasteiger partial charge in [-0.2, -0.15) is 5.10 Å². The Morgan fingerprint density at radius 3 is 2.48 bits per heavy atom. The summed E-state index contributed by atoms with van der Waals surface area (Å²) in [4.78, 5) is 23.0. The Morgan fingerprint density at radius 1 is 1.32 bits per heavy atom. The molecular formula is C16H24F2N4O3. The van der Waals surface area contributed by atoms with Crippen LogP contribution in [0, 0.1) is 11.8 Å². The number of nitrogens with zero attached hydrogens (tertiary/aromatic N) is 2. The molecule has 0 radical (unpaired) electrons. The number of amides is 2. The normalized spacial score (nSPS) is 20.7. The number of aromatic nitrogens is 2. The number of aliphatic carboxylic acids is 1. The molecule has 0 unspecified atom stereocenters. The maximum absolute atomic E-state index is 13.1. The van der Waals surface area contributed by atoms with E-state index in [0.717, 1.165) is 0 Å². The standard InChI is InChI=1S/C16H24F2N4O3/c1-9(2)7-22-8-12(13(21-22)14(17)18)20-16(25)19-11-5-3-10(4-6-11)15(23)24/h8-11,14H,3-7H2,1-2H3,(H,23,24)(H2,19,20,25). The number of carboxylic acids is 1. The minimum absolute atomic E-state index is 0.00706. The molecule has 1 saturated carbocycles. The minimum atomic E-state index is -2.78. The van der Waals surface area contributed by atoms with Gasteiger partial charge < -0.3 is 15.7 Å². The van der Waals surface area contributed by atoms with E-state index in [4.69, 9.17) is 5.11 Å². The van der Waals surface area contributed by atoms with Gasteiger partial charge in [0.05, 0.1) is 11.6 Å². The van der Waals surface area contributed by atoms with Crippen molar-refractivity contribution in [2.75, 3.05) is 5.32 Å². The van der Waals surface area contributed by atoms with E-state index in [-0.39, 0.29) is 23.6 Å². The Labute approximate surface area is 144 Å². The first-order chi connectivity index (χ1) is 11.8. The Balaban J connectivity index is 1.94. The van der Waals surface area contributed by atoms with Crippen molar-refractivity contribution in [3.8, 4) is 0 Å². The van der Waals surface area contributed by atoms with Crippen molar-refractivity contribution in [1.82, 2.24) is 15.1 Å². The first kappa shape index (κ1) is 19.1. The highest BCUT2D eigenvalue weighted by Crippen LogP contribution is 2.27. The number of anilines is 1. The largest absolute Gasteiger partial charge is 0.481 e. The second-order valence-corrected chi connectivity index (χ2v) is 6.83. The van der Waals surface area contributed by atoms with Crippen molar-refractivity contribution in [2.45, 2.75) is 58.5 Å². The summed E-state index contributed by atoms with van der Waals surface area (Å²) in [6.45, 7) is 4.36. The van der Waals surface area contributed by atoms with Crippen molar-refractivity contribution < 1.29 is 23.5 Å². The van der Waals surface area contributed by atoms with E-state index in [1.165, 1.54) is 10.9 Å². The van der Waals surface area contributed by atoms with Crippen LogP contribution in [0.3, 0.4) is 0 Å². The van der Waals surface area contributed by atoms with Gasteiger partial charge in [-0.05, 0) is 31.6 Å². The lowest BCUT2D eigenvalue weighted by Gasteiger charge is -2.26.